The summed E-state index contributed by atoms with van der Waals surface area (Å²) >= 11 is 3.98. The van der Waals surface area contributed by atoms with Gasteiger partial charge in [0.1, 0.15) is 6.04 Å². The van der Waals surface area contributed by atoms with Gasteiger partial charge in [-0.15, -0.1) is 0 Å². The van der Waals surface area contributed by atoms with E-state index in [1.165, 1.54) is 18.2 Å². The standard InChI is InChI=1S/C16H22N2O6S/c1-3-6-10(4-2)14(16(23)24)18-15(22)11(9-25)17-12(19)7-5-8-13(20)21/h3-4,6,11,14,25H,1-2,5,7-9H2,(H,17,19)(H,18,22)(H,20,21)(H,23,24)/b10-6+/t11?,14-/m1/s1. The molecule has 4 N–H and O–H groups in total. The third-order valence-electron chi connectivity index (χ3n) is 3.04. The summed E-state index contributed by atoms with van der Waals surface area (Å²) in [6.07, 6.45) is 3.93. The quantitative estimate of drug-likeness (QED) is 0.251. The number of nitrogens with one attached hydrogen (secondary N) is 2. The number of carbonyl (C=O) groups excluding carboxylic acids is 2. The molecule has 0 aromatic carbocycles. The molecule has 0 rings (SSSR count). The van der Waals surface area contributed by atoms with E-state index in [0.717, 1.165) is 0 Å². The van der Waals surface area contributed by atoms with E-state index in [1.54, 1.807) is 0 Å². The number of amides is 2. The minimum Gasteiger partial charge on any atom is -0.481 e. The molecule has 2 amide bonds. The maximum Gasteiger partial charge on any atom is 0.330 e. The molecule has 0 aliphatic heterocycles. The number of carboxylic acid groups (broad SMARTS) is 2. The number of hydrogen-bond donors (Lipinski definition) is 5. The Labute approximate surface area is 151 Å². The minimum atomic E-state index is -1.35. The molecule has 0 saturated carbocycles. The molecule has 8 nitrogen and oxygen atoms in total. The van der Waals surface area contributed by atoms with Crippen LogP contribution in [0.1, 0.15) is 19.3 Å². The molecule has 9 heteroatoms. The molecule has 0 aromatic heterocycles. The van der Waals surface area contributed by atoms with E-state index in [2.05, 4.69) is 36.4 Å². The molecule has 0 aliphatic rings. The van der Waals surface area contributed by atoms with Crippen LogP contribution in [0.2, 0.25) is 0 Å². The SMILES string of the molecule is C=C/C=C(\C=C)[C@@H](NC(=O)C(CS)NC(=O)CCCC(=O)O)C(=O)O. The number of aliphatic carboxylic acids is 2. The molecule has 0 aliphatic carbocycles. The van der Waals surface area contributed by atoms with E-state index >= 15 is 0 Å². The highest BCUT2D eigenvalue weighted by Crippen LogP contribution is 2.06. The van der Waals surface area contributed by atoms with Crippen molar-refractivity contribution in [3.8, 4) is 0 Å². The fraction of sp³-hybridized carbons (Fsp3) is 0.375. The summed E-state index contributed by atoms with van der Waals surface area (Å²) in [6.45, 7) is 6.95. The van der Waals surface area contributed by atoms with Crippen LogP contribution in [0.3, 0.4) is 0 Å². The average molecular weight is 370 g/mol. The second-order valence-corrected chi connectivity index (χ2v) is 5.30. The van der Waals surface area contributed by atoms with Crippen LogP contribution < -0.4 is 10.6 Å². The van der Waals surface area contributed by atoms with E-state index < -0.39 is 35.8 Å². The van der Waals surface area contributed by atoms with Crippen LogP contribution in [0.5, 0.6) is 0 Å². The first-order valence-electron chi connectivity index (χ1n) is 7.37. The van der Waals surface area contributed by atoms with E-state index in [0.29, 0.717) is 0 Å². The van der Waals surface area contributed by atoms with Crippen LogP contribution in [0, 0.1) is 0 Å². The zero-order valence-corrected chi connectivity index (χ0v) is 14.5. The number of allylic oxidation sites excluding steroid dienone is 2. The molecular formula is C16H22N2O6S. The summed E-state index contributed by atoms with van der Waals surface area (Å²) in [5, 5.41) is 22.5. The highest BCUT2D eigenvalue weighted by atomic mass is 32.1. The van der Waals surface area contributed by atoms with Crippen molar-refractivity contribution >= 4 is 36.4 Å². The Balaban J connectivity index is 4.89. The Kier molecular flexibility index (Phi) is 10.7. The third kappa shape index (κ3) is 8.75. The Morgan fingerprint density at radius 3 is 2.16 bits per heavy atom. The zero-order valence-electron chi connectivity index (χ0n) is 13.6. The van der Waals surface area contributed by atoms with Gasteiger partial charge in [-0.3, -0.25) is 14.4 Å². The predicted octanol–water partition coefficient (Wildman–Crippen LogP) is 0.524. The van der Waals surface area contributed by atoms with Crippen LogP contribution in [0.15, 0.2) is 37.0 Å². The van der Waals surface area contributed by atoms with Crippen molar-refractivity contribution in [2.75, 3.05) is 5.75 Å². The van der Waals surface area contributed by atoms with Gasteiger partial charge < -0.3 is 20.8 Å². The van der Waals surface area contributed by atoms with Gasteiger partial charge in [-0.05, 0) is 12.0 Å². The van der Waals surface area contributed by atoms with Gasteiger partial charge in [-0.2, -0.15) is 12.6 Å². The Morgan fingerprint density at radius 1 is 1.08 bits per heavy atom. The average Bonchev–Trinajstić information content (AvgIpc) is 2.54. The Morgan fingerprint density at radius 2 is 1.72 bits per heavy atom. The van der Waals surface area contributed by atoms with Crippen molar-refractivity contribution in [2.24, 2.45) is 0 Å². The molecule has 0 bridgehead atoms. The lowest BCUT2D eigenvalue weighted by Gasteiger charge is -2.21. The molecular weight excluding hydrogens is 348 g/mol. The Hall–Kier alpha value is -2.55. The maximum absolute atomic E-state index is 12.2. The van der Waals surface area contributed by atoms with Crippen LogP contribution in [-0.4, -0.2) is 51.8 Å². The van der Waals surface area contributed by atoms with Crippen LogP contribution in [0.4, 0.5) is 0 Å². The monoisotopic (exact) mass is 370 g/mol. The van der Waals surface area contributed by atoms with Gasteiger partial charge in [0, 0.05) is 18.6 Å². The normalized spacial score (nSPS) is 13.2. The van der Waals surface area contributed by atoms with Crippen molar-refractivity contribution in [2.45, 2.75) is 31.3 Å². The van der Waals surface area contributed by atoms with Crippen molar-refractivity contribution in [3.63, 3.8) is 0 Å². The fourth-order valence-corrected chi connectivity index (χ4v) is 2.07. The molecule has 138 valence electrons. The van der Waals surface area contributed by atoms with E-state index in [4.69, 9.17) is 5.11 Å². The lowest BCUT2D eigenvalue weighted by atomic mass is 10.1. The molecule has 0 aromatic rings. The summed E-state index contributed by atoms with van der Waals surface area (Å²) in [7, 11) is 0. The summed E-state index contributed by atoms with van der Waals surface area (Å²) in [6, 6.07) is -2.41. The second-order valence-electron chi connectivity index (χ2n) is 4.94. The highest BCUT2D eigenvalue weighted by Gasteiger charge is 2.27. The van der Waals surface area contributed by atoms with Gasteiger partial charge in [-0.25, -0.2) is 4.79 Å². The molecule has 2 atom stereocenters. The van der Waals surface area contributed by atoms with Crippen molar-refractivity contribution < 1.29 is 29.4 Å². The fourth-order valence-electron chi connectivity index (χ4n) is 1.81. The first-order valence-corrected chi connectivity index (χ1v) is 8.00. The first-order chi connectivity index (χ1) is 11.8. The first kappa shape index (κ1) is 22.4. The summed E-state index contributed by atoms with van der Waals surface area (Å²) < 4.78 is 0. The van der Waals surface area contributed by atoms with Crippen molar-refractivity contribution in [1.29, 1.82) is 0 Å². The number of hydrogen-bond acceptors (Lipinski definition) is 5. The zero-order chi connectivity index (χ0) is 19.4. The largest absolute Gasteiger partial charge is 0.481 e. The van der Waals surface area contributed by atoms with Gasteiger partial charge in [0.25, 0.3) is 0 Å². The molecule has 25 heavy (non-hydrogen) atoms. The topological polar surface area (TPSA) is 133 Å². The van der Waals surface area contributed by atoms with E-state index in [9.17, 15) is 24.3 Å². The smallest absolute Gasteiger partial charge is 0.330 e. The number of carbonyl (C=O) groups is 4. The summed E-state index contributed by atoms with van der Waals surface area (Å²) in [4.78, 5) is 45.7. The summed E-state index contributed by atoms with van der Waals surface area (Å²) in [5.74, 6) is -3.63. The third-order valence-corrected chi connectivity index (χ3v) is 3.41. The van der Waals surface area contributed by atoms with Gasteiger partial charge in [0.05, 0.1) is 0 Å². The molecule has 1 unspecified atom stereocenters. The lowest BCUT2D eigenvalue weighted by Crippen LogP contribution is -2.52. The molecule has 0 fully saturated rings. The molecule has 0 saturated heterocycles. The van der Waals surface area contributed by atoms with Gasteiger partial charge in [-0.1, -0.05) is 31.4 Å². The van der Waals surface area contributed by atoms with Crippen molar-refractivity contribution in [1.82, 2.24) is 10.6 Å². The van der Waals surface area contributed by atoms with Crippen LogP contribution in [0.25, 0.3) is 0 Å². The molecule has 0 radical (unpaired) electrons. The predicted molar refractivity (Wildman–Crippen MR) is 95.3 cm³/mol. The van der Waals surface area contributed by atoms with Gasteiger partial charge >= 0.3 is 11.9 Å². The van der Waals surface area contributed by atoms with E-state index in [-0.39, 0.29) is 30.6 Å². The van der Waals surface area contributed by atoms with Gasteiger partial charge in [0.2, 0.25) is 11.8 Å². The number of rotatable bonds is 12. The molecule has 0 spiro atoms. The van der Waals surface area contributed by atoms with Crippen molar-refractivity contribution in [3.05, 3.63) is 37.0 Å². The van der Waals surface area contributed by atoms with Crippen LogP contribution >= 0.6 is 12.6 Å². The Bertz CT molecular complexity index is 573. The van der Waals surface area contributed by atoms with E-state index in [1.807, 2.05) is 0 Å². The van der Waals surface area contributed by atoms with Crippen LogP contribution in [-0.2, 0) is 19.2 Å². The highest BCUT2D eigenvalue weighted by molar-refractivity contribution is 7.80. The maximum atomic E-state index is 12.2. The lowest BCUT2D eigenvalue weighted by molar-refractivity contribution is -0.140. The second kappa shape index (κ2) is 11.9. The molecule has 0 heterocycles. The minimum absolute atomic E-state index is 0.0581. The number of thiol groups is 1. The summed E-state index contributed by atoms with van der Waals surface area (Å²) in [5.41, 5.74) is 0.224. The van der Waals surface area contributed by atoms with Gasteiger partial charge in [0.15, 0.2) is 6.04 Å². The number of carboxylic acids is 2.